The maximum absolute atomic E-state index is 11.6. The van der Waals surface area contributed by atoms with Crippen LogP contribution in [0.4, 0.5) is 0 Å². The van der Waals surface area contributed by atoms with Crippen LogP contribution in [0.25, 0.3) is 10.9 Å². The molecule has 1 aliphatic heterocycles. The van der Waals surface area contributed by atoms with Crippen LogP contribution in [0, 0.1) is 11.8 Å². The minimum atomic E-state index is -0.752. The molecule has 0 spiro atoms. The Kier molecular flexibility index (Phi) is 8.60. The molecule has 0 radical (unpaired) electrons. The molecule has 186 valence electrons. The van der Waals surface area contributed by atoms with Crippen LogP contribution in [-0.2, 0) is 11.2 Å². The van der Waals surface area contributed by atoms with Crippen LogP contribution in [0.5, 0.6) is 5.75 Å². The Morgan fingerprint density at radius 1 is 1.20 bits per heavy atom. The number of benzene rings is 1. The predicted octanol–water partition coefficient (Wildman–Crippen LogP) is 3.89. The summed E-state index contributed by atoms with van der Waals surface area (Å²) >= 11 is 0. The van der Waals surface area contributed by atoms with E-state index in [4.69, 9.17) is 4.74 Å². The lowest BCUT2D eigenvalue weighted by Crippen LogP contribution is -2.42. The SMILES string of the molecule is COc1ccc2nccc([C@H](O)CC[C@@H]3CCN(CCCc4ccnnc4)C[C@@H]3CC(=O)O)c2c1. The first-order chi connectivity index (χ1) is 17.0. The second-order valence-electron chi connectivity index (χ2n) is 9.44. The molecule has 3 atom stereocenters. The summed E-state index contributed by atoms with van der Waals surface area (Å²) in [6, 6.07) is 9.52. The highest BCUT2D eigenvalue weighted by molar-refractivity contribution is 5.83. The zero-order valence-electron chi connectivity index (χ0n) is 20.2. The van der Waals surface area contributed by atoms with E-state index in [1.807, 2.05) is 30.3 Å². The first-order valence-corrected chi connectivity index (χ1v) is 12.3. The zero-order chi connectivity index (χ0) is 24.6. The van der Waals surface area contributed by atoms with E-state index in [2.05, 4.69) is 20.1 Å². The molecule has 8 nitrogen and oxygen atoms in total. The van der Waals surface area contributed by atoms with Crippen molar-refractivity contribution in [2.24, 2.45) is 11.8 Å². The molecular formula is C27H34N4O4. The fraction of sp³-hybridized carbons (Fsp3) is 0.481. The summed E-state index contributed by atoms with van der Waals surface area (Å²) in [7, 11) is 1.62. The highest BCUT2D eigenvalue weighted by Crippen LogP contribution is 2.34. The predicted molar refractivity (Wildman–Crippen MR) is 133 cm³/mol. The minimum Gasteiger partial charge on any atom is -0.497 e. The standard InChI is InChI=1S/C27H34N4O4/c1-35-22-5-6-25-24(16-22)23(9-11-28-25)26(32)7-4-20-10-14-31(18-21(20)15-27(33)34)13-2-3-19-8-12-29-30-17-19/h5-6,8-9,11-12,16-17,20-21,26,32H,2-4,7,10,13-15,18H2,1H3,(H,33,34)/t20-,21+,26-/m1/s1. The van der Waals surface area contributed by atoms with Crippen LogP contribution in [0.15, 0.2) is 48.9 Å². The third kappa shape index (κ3) is 6.74. The van der Waals surface area contributed by atoms with Gasteiger partial charge in [-0.05, 0) is 98.5 Å². The number of aromatic nitrogens is 3. The molecule has 3 heterocycles. The monoisotopic (exact) mass is 478 g/mol. The number of aryl methyl sites for hydroxylation is 1. The van der Waals surface area contributed by atoms with E-state index < -0.39 is 12.1 Å². The smallest absolute Gasteiger partial charge is 0.303 e. The van der Waals surface area contributed by atoms with Gasteiger partial charge in [0.1, 0.15) is 5.75 Å². The second kappa shape index (κ2) is 12.0. The summed E-state index contributed by atoms with van der Waals surface area (Å²) in [5.41, 5.74) is 2.83. The second-order valence-corrected chi connectivity index (χ2v) is 9.44. The lowest BCUT2D eigenvalue weighted by atomic mass is 9.79. The Morgan fingerprint density at radius 3 is 2.86 bits per heavy atom. The van der Waals surface area contributed by atoms with Crippen molar-refractivity contribution in [1.29, 1.82) is 0 Å². The summed E-state index contributed by atoms with van der Waals surface area (Å²) in [5.74, 6) is 0.347. The average Bonchev–Trinajstić information content (AvgIpc) is 2.87. The molecule has 0 saturated carbocycles. The Hall–Kier alpha value is -3.10. The number of nitrogens with zero attached hydrogens (tertiary/aromatic N) is 4. The number of carboxylic acids is 1. The highest BCUT2D eigenvalue weighted by Gasteiger charge is 2.31. The van der Waals surface area contributed by atoms with Crippen molar-refractivity contribution in [3.63, 3.8) is 0 Å². The Morgan fingerprint density at radius 2 is 2.09 bits per heavy atom. The number of aliphatic carboxylic acids is 1. The molecule has 0 bridgehead atoms. The van der Waals surface area contributed by atoms with Gasteiger partial charge in [-0.15, -0.1) is 0 Å². The summed E-state index contributed by atoms with van der Waals surface area (Å²) < 4.78 is 5.35. The van der Waals surface area contributed by atoms with E-state index in [0.29, 0.717) is 6.42 Å². The van der Waals surface area contributed by atoms with Crippen molar-refractivity contribution in [2.75, 3.05) is 26.7 Å². The summed E-state index contributed by atoms with van der Waals surface area (Å²) in [4.78, 5) is 18.4. The van der Waals surface area contributed by atoms with Crippen LogP contribution >= 0.6 is 0 Å². The fourth-order valence-electron chi connectivity index (χ4n) is 5.26. The summed E-state index contributed by atoms with van der Waals surface area (Å²) in [6.07, 6.45) is 9.05. The molecule has 4 rings (SSSR count). The van der Waals surface area contributed by atoms with Gasteiger partial charge in [0.05, 0.1) is 24.9 Å². The molecule has 1 aliphatic rings. The van der Waals surface area contributed by atoms with Crippen molar-refractivity contribution in [1.82, 2.24) is 20.1 Å². The molecule has 35 heavy (non-hydrogen) atoms. The number of hydrogen-bond donors (Lipinski definition) is 2. The molecule has 2 N–H and O–H groups in total. The number of likely N-dealkylation sites (tertiary alicyclic amines) is 1. The maximum atomic E-state index is 11.6. The van der Waals surface area contributed by atoms with Gasteiger partial charge in [-0.3, -0.25) is 9.78 Å². The van der Waals surface area contributed by atoms with Crippen LogP contribution < -0.4 is 4.74 Å². The van der Waals surface area contributed by atoms with Gasteiger partial charge in [0, 0.05) is 30.7 Å². The Bertz CT molecular complexity index is 1110. The van der Waals surface area contributed by atoms with Gasteiger partial charge >= 0.3 is 5.97 Å². The molecule has 1 fully saturated rings. The number of carboxylic acid groups (broad SMARTS) is 1. The third-order valence-corrected chi connectivity index (χ3v) is 7.15. The van der Waals surface area contributed by atoms with Gasteiger partial charge in [0.25, 0.3) is 0 Å². The van der Waals surface area contributed by atoms with E-state index in [1.54, 1.807) is 25.7 Å². The van der Waals surface area contributed by atoms with Gasteiger partial charge in [-0.1, -0.05) is 0 Å². The van der Waals surface area contributed by atoms with Crippen molar-refractivity contribution < 1.29 is 19.7 Å². The van der Waals surface area contributed by atoms with Gasteiger partial charge in [0.15, 0.2) is 0 Å². The molecule has 1 saturated heterocycles. The minimum absolute atomic E-state index is 0.0883. The number of piperidine rings is 1. The molecule has 0 unspecified atom stereocenters. The topological polar surface area (TPSA) is 109 Å². The molecule has 0 amide bonds. The molecule has 1 aromatic carbocycles. The van der Waals surface area contributed by atoms with Crippen LogP contribution in [0.2, 0.25) is 0 Å². The lowest BCUT2D eigenvalue weighted by molar-refractivity contribution is -0.139. The van der Waals surface area contributed by atoms with Crippen molar-refractivity contribution in [3.8, 4) is 5.75 Å². The number of methoxy groups -OCH3 is 1. The number of carbonyl (C=O) groups is 1. The number of rotatable bonds is 11. The molecule has 8 heteroatoms. The molecule has 3 aromatic rings. The Balaban J connectivity index is 1.35. The number of fused-ring (bicyclic) bond motifs is 1. The normalized spacial score (nSPS) is 19.5. The van der Waals surface area contributed by atoms with E-state index in [-0.39, 0.29) is 18.3 Å². The van der Waals surface area contributed by atoms with Gasteiger partial charge in [-0.2, -0.15) is 10.2 Å². The van der Waals surface area contributed by atoms with E-state index in [1.165, 1.54) is 5.56 Å². The van der Waals surface area contributed by atoms with Gasteiger partial charge in [0.2, 0.25) is 0 Å². The first kappa shape index (κ1) is 25.0. The van der Waals surface area contributed by atoms with Crippen LogP contribution in [0.3, 0.4) is 0 Å². The summed E-state index contributed by atoms with van der Waals surface area (Å²) in [6.45, 7) is 2.69. The quantitative estimate of drug-likeness (QED) is 0.427. The Labute approximate surface area is 206 Å². The van der Waals surface area contributed by atoms with Crippen molar-refractivity contribution in [2.45, 2.75) is 44.6 Å². The number of hydrogen-bond acceptors (Lipinski definition) is 7. The fourth-order valence-corrected chi connectivity index (χ4v) is 5.26. The number of aliphatic hydroxyl groups excluding tert-OH is 1. The van der Waals surface area contributed by atoms with Gasteiger partial charge < -0.3 is 19.8 Å². The lowest BCUT2D eigenvalue weighted by Gasteiger charge is -2.38. The molecular weight excluding hydrogens is 444 g/mol. The highest BCUT2D eigenvalue weighted by atomic mass is 16.5. The average molecular weight is 479 g/mol. The van der Waals surface area contributed by atoms with Crippen molar-refractivity contribution >= 4 is 16.9 Å². The van der Waals surface area contributed by atoms with Gasteiger partial charge in [-0.25, -0.2) is 0 Å². The van der Waals surface area contributed by atoms with E-state index in [9.17, 15) is 15.0 Å². The molecule has 0 aliphatic carbocycles. The zero-order valence-corrected chi connectivity index (χ0v) is 20.2. The number of aliphatic hydroxyl groups is 1. The van der Waals surface area contributed by atoms with Crippen molar-refractivity contribution in [3.05, 3.63) is 60.0 Å². The van der Waals surface area contributed by atoms with E-state index in [0.717, 1.165) is 67.5 Å². The first-order valence-electron chi connectivity index (χ1n) is 12.3. The van der Waals surface area contributed by atoms with Crippen LogP contribution in [-0.4, -0.2) is 63.0 Å². The van der Waals surface area contributed by atoms with E-state index >= 15 is 0 Å². The summed E-state index contributed by atoms with van der Waals surface area (Å²) in [5, 5.41) is 29.2. The molecule has 2 aromatic heterocycles. The number of pyridine rings is 1. The number of ether oxygens (including phenoxy) is 1. The van der Waals surface area contributed by atoms with Crippen LogP contribution in [0.1, 0.15) is 49.3 Å². The largest absolute Gasteiger partial charge is 0.497 e. The third-order valence-electron chi connectivity index (χ3n) is 7.15. The maximum Gasteiger partial charge on any atom is 0.303 e.